The Labute approximate surface area is 114 Å². The number of rotatable bonds is 8. The van der Waals surface area contributed by atoms with Crippen molar-refractivity contribution in [1.29, 1.82) is 0 Å². The molecule has 2 rings (SSSR count). The highest BCUT2D eigenvalue weighted by molar-refractivity contribution is 4.89. The lowest BCUT2D eigenvalue weighted by Gasteiger charge is -2.41. The van der Waals surface area contributed by atoms with Gasteiger partial charge in [-0.15, -0.1) is 0 Å². The maximum absolute atomic E-state index is 3.65. The number of nitrogens with zero attached hydrogens (tertiary/aromatic N) is 1. The zero-order valence-corrected chi connectivity index (χ0v) is 12.5. The molecule has 0 aromatic carbocycles. The first-order valence-corrected chi connectivity index (χ1v) is 8.21. The average Bonchev–Trinajstić information content (AvgIpc) is 3.14. The molecular formula is C16H32N2. The van der Waals surface area contributed by atoms with Crippen molar-refractivity contribution in [2.24, 2.45) is 11.3 Å². The van der Waals surface area contributed by atoms with Crippen LogP contribution in [-0.2, 0) is 0 Å². The predicted molar refractivity (Wildman–Crippen MR) is 78.9 cm³/mol. The Bertz CT molecular complexity index is 224. The Hall–Kier alpha value is -0.0800. The van der Waals surface area contributed by atoms with Crippen LogP contribution in [0.4, 0.5) is 0 Å². The molecule has 106 valence electrons. The van der Waals surface area contributed by atoms with Crippen molar-refractivity contribution < 1.29 is 0 Å². The van der Waals surface area contributed by atoms with Crippen LogP contribution in [0.25, 0.3) is 0 Å². The molecule has 0 amide bonds. The fourth-order valence-electron chi connectivity index (χ4n) is 3.68. The van der Waals surface area contributed by atoms with Crippen LogP contribution >= 0.6 is 0 Å². The molecule has 2 nitrogen and oxygen atoms in total. The summed E-state index contributed by atoms with van der Waals surface area (Å²) in [6, 6.07) is 0. The van der Waals surface area contributed by atoms with Crippen LogP contribution in [-0.4, -0.2) is 37.6 Å². The third-order valence-corrected chi connectivity index (χ3v) is 4.65. The summed E-state index contributed by atoms with van der Waals surface area (Å²) in [7, 11) is 0. The standard InChI is InChI=1S/C16H32N2/c1-3-8-16(9-5-10-17-13-16)14-18(11-4-2)12-15-6-7-15/h15,17H,3-14H2,1-2H3. The topological polar surface area (TPSA) is 15.3 Å². The Balaban J connectivity index is 1.90. The minimum absolute atomic E-state index is 0.580. The van der Waals surface area contributed by atoms with E-state index < -0.39 is 0 Å². The van der Waals surface area contributed by atoms with Gasteiger partial charge < -0.3 is 10.2 Å². The Morgan fingerprint density at radius 2 is 2.06 bits per heavy atom. The van der Waals surface area contributed by atoms with Crippen molar-refractivity contribution in [3.8, 4) is 0 Å². The highest BCUT2D eigenvalue weighted by atomic mass is 15.1. The monoisotopic (exact) mass is 252 g/mol. The first-order chi connectivity index (χ1) is 8.78. The molecule has 1 atom stereocenters. The lowest BCUT2D eigenvalue weighted by Crippen LogP contribution is -2.48. The number of piperidine rings is 1. The van der Waals surface area contributed by atoms with Crippen molar-refractivity contribution in [3.63, 3.8) is 0 Å². The SMILES string of the molecule is CCCN(CC1CC1)CC1(CCC)CCCNC1. The fourth-order valence-corrected chi connectivity index (χ4v) is 3.68. The minimum atomic E-state index is 0.580. The third kappa shape index (κ3) is 4.24. The molecule has 0 spiro atoms. The quantitative estimate of drug-likeness (QED) is 0.713. The maximum Gasteiger partial charge on any atom is 0.00503 e. The van der Waals surface area contributed by atoms with E-state index in [9.17, 15) is 0 Å². The molecule has 0 aromatic rings. The maximum atomic E-state index is 3.65. The van der Waals surface area contributed by atoms with Crippen LogP contribution in [0.1, 0.15) is 58.8 Å². The summed E-state index contributed by atoms with van der Waals surface area (Å²) in [5, 5.41) is 3.65. The molecule has 1 saturated carbocycles. The molecule has 1 unspecified atom stereocenters. The van der Waals surface area contributed by atoms with Gasteiger partial charge in [0.05, 0.1) is 0 Å². The first kappa shape index (κ1) is 14.3. The van der Waals surface area contributed by atoms with Gasteiger partial charge in [0, 0.05) is 19.6 Å². The first-order valence-electron chi connectivity index (χ1n) is 8.21. The Kier molecular flexibility index (Phi) is 5.50. The molecule has 18 heavy (non-hydrogen) atoms. The van der Waals surface area contributed by atoms with Gasteiger partial charge in [-0.05, 0) is 62.9 Å². The second-order valence-electron chi connectivity index (χ2n) is 6.71. The van der Waals surface area contributed by atoms with Crippen LogP contribution in [0.15, 0.2) is 0 Å². The number of nitrogens with one attached hydrogen (secondary N) is 1. The van der Waals surface area contributed by atoms with Gasteiger partial charge in [0.2, 0.25) is 0 Å². The lowest BCUT2D eigenvalue weighted by atomic mass is 9.76. The Morgan fingerprint density at radius 1 is 1.22 bits per heavy atom. The van der Waals surface area contributed by atoms with Crippen molar-refractivity contribution in [2.75, 3.05) is 32.7 Å². The summed E-state index contributed by atoms with van der Waals surface area (Å²) >= 11 is 0. The van der Waals surface area contributed by atoms with Gasteiger partial charge in [0.1, 0.15) is 0 Å². The number of hydrogen-bond acceptors (Lipinski definition) is 2. The van der Waals surface area contributed by atoms with Crippen LogP contribution in [0, 0.1) is 11.3 Å². The van der Waals surface area contributed by atoms with Crippen molar-refractivity contribution in [2.45, 2.75) is 58.8 Å². The fraction of sp³-hybridized carbons (Fsp3) is 1.00. The lowest BCUT2D eigenvalue weighted by molar-refractivity contribution is 0.103. The molecule has 1 heterocycles. The van der Waals surface area contributed by atoms with E-state index in [4.69, 9.17) is 0 Å². The van der Waals surface area contributed by atoms with Crippen molar-refractivity contribution >= 4 is 0 Å². The van der Waals surface area contributed by atoms with Crippen molar-refractivity contribution in [3.05, 3.63) is 0 Å². The average molecular weight is 252 g/mol. The molecule has 0 bridgehead atoms. The van der Waals surface area contributed by atoms with E-state index in [0.717, 1.165) is 5.92 Å². The largest absolute Gasteiger partial charge is 0.316 e. The van der Waals surface area contributed by atoms with E-state index in [1.807, 2.05) is 0 Å². The van der Waals surface area contributed by atoms with E-state index in [2.05, 4.69) is 24.1 Å². The summed E-state index contributed by atoms with van der Waals surface area (Å²) < 4.78 is 0. The molecule has 1 N–H and O–H groups in total. The summed E-state index contributed by atoms with van der Waals surface area (Å²) in [5.74, 6) is 1.03. The molecule has 1 saturated heterocycles. The van der Waals surface area contributed by atoms with E-state index in [1.165, 1.54) is 77.7 Å². The zero-order chi connectivity index (χ0) is 12.8. The second kappa shape index (κ2) is 6.91. The van der Waals surface area contributed by atoms with Gasteiger partial charge in [-0.2, -0.15) is 0 Å². The van der Waals surface area contributed by atoms with E-state index in [-0.39, 0.29) is 0 Å². The van der Waals surface area contributed by atoms with Crippen LogP contribution in [0.2, 0.25) is 0 Å². The molecular weight excluding hydrogens is 220 g/mol. The van der Waals surface area contributed by atoms with Crippen LogP contribution < -0.4 is 5.32 Å². The summed E-state index contributed by atoms with van der Waals surface area (Å²) in [6.45, 7) is 11.2. The van der Waals surface area contributed by atoms with Gasteiger partial charge in [0.15, 0.2) is 0 Å². The summed E-state index contributed by atoms with van der Waals surface area (Å²) in [5.41, 5.74) is 0.580. The van der Waals surface area contributed by atoms with Crippen molar-refractivity contribution in [1.82, 2.24) is 10.2 Å². The molecule has 2 heteroatoms. The predicted octanol–water partition coefficient (Wildman–Crippen LogP) is 3.28. The van der Waals surface area contributed by atoms with Gasteiger partial charge in [-0.25, -0.2) is 0 Å². The second-order valence-corrected chi connectivity index (χ2v) is 6.71. The number of hydrogen-bond donors (Lipinski definition) is 1. The molecule has 1 aliphatic heterocycles. The molecule has 2 fully saturated rings. The van der Waals surface area contributed by atoms with Gasteiger partial charge in [-0.1, -0.05) is 20.3 Å². The molecule has 1 aliphatic carbocycles. The third-order valence-electron chi connectivity index (χ3n) is 4.65. The van der Waals surface area contributed by atoms with E-state index in [0.29, 0.717) is 5.41 Å². The highest BCUT2D eigenvalue weighted by Gasteiger charge is 2.34. The highest BCUT2D eigenvalue weighted by Crippen LogP contribution is 2.35. The smallest absolute Gasteiger partial charge is 0.00503 e. The molecule has 0 aromatic heterocycles. The zero-order valence-electron chi connectivity index (χ0n) is 12.5. The van der Waals surface area contributed by atoms with Gasteiger partial charge >= 0.3 is 0 Å². The Morgan fingerprint density at radius 3 is 2.61 bits per heavy atom. The van der Waals surface area contributed by atoms with Crippen LogP contribution in [0.5, 0.6) is 0 Å². The van der Waals surface area contributed by atoms with E-state index >= 15 is 0 Å². The summed E-state index contributed by atoms with van der Waals surface area (Å²) in [4.78, 5) is 2.78. The minimum Gasteiger partial charge on any atom is -0.316 e. The molecule has 2 aliphatic rings. The van der Waals surface area contributed by atoms with Gasteiger partial charge in [-0.3, -0.25) is 0 Å². The van der Waals surface area contributed by atoms with Gasteiger partial charge in [0.25, 0.3) is 0 Å². The van der Waals surface area contributed by atoms with Crippen LogP contribution in [0.3, 0.4) is 0 Å². The normalized spacial score (nSPS) is 28.8. The molecule has 0 radical (unpaired) electrons. The summed E-state index contributed by atoms with van der Waals surface area (Å²) in [6.07, 6.45) is 9.85. The van der Waals surface area contributed by atoms with E-state index in [1.54, 1.807) is 0 Å².